The summed E-state index contributed by atoms with van der Waals surface area (Å²) in [7, 11) is -1.44. The Morgan fingerprint density at radius 3 is 2.68 bits per heavy atom. The second kappa shape index (κ2) is 5.57. The molecule has 0 aliphatic carbocycles. The van der Waals surface area contributed by atoms with Gasteiger partial charge in [0.1, 0.15) is 5.69 Å². The fourth-order valence-electron chi connectivity index (χ4n) is 2.54. The molecule has 0 unspecified atom stereocenters. The number of hydrogen-bond donors (Lipinski definition) is 0. The van der Waals surface area contributed by atoms with Gasteiger partial charge in [0, 0.05) is 24.7 Å². The number of aromatic nitrogens is 1. The molecule has 1 aromatic heterocycles. The zero-order valence-electron chi connectivity index (χ0n) is 12.1. The predicted molar refractivity (Wildman–Crippen MR) is 81.1 cm³/mol. The minimum absolute atomic E-state index is 0.00885. The van der Waals surface area contributed by atoms with Crippen LogP contribution in [0.5, 0.6) is 0 Å². The van der Waals surface area contributed by atoms with Crippen molar-refractivity contribution in [1.29, 1.82) is 0 Å². The molecular weight excluding hydrogens is 304 g/mol. The average molecular weight is 320 g/mol. The van der Waals surface area contributed by atoms with Crippen molar-refractivity contribution < 1.29 is 17.7 Å². The van der Waals surface area contributed by atoms with Crippen LogP contribution in [0.2, 0.25) is 0 Å². The smallest absolute Gasteiger partial charge is 0.292 e. The molecule has 1 saturated heterocycles. The van der Waals surface area contributed by atoms with Crippen LogP contribution in [0.4, 0.5) is 0 Å². The Balaban J connectivity index is 1.77. The number of benzene rings is 1. The topological polar surface area (TPSA) is 80.5 Å². The molecule has 1 fully saturated rings. The van der Waals surface area contributed by atoms with Crippen molar-refractivity contribution in [2.45, 2.75) is 12.5 Å². The standard InChI is InChI=1S/C15H16N2O4S/c1-17(12-7-8-22(19,20)10-12)15(18)14-9-13(16-21-14)11-5-3-2-4-6-11/h2-6,9,12H,7-8,10H2,1H3/t12-/m0/s1. The van der Waals surface area contributed by atoms with E-state index < -0.39 is 9.84 Å². The van der Waals surface area contributed by atoms with Crippen molar-refractivity contribution in [2.24, 2.45) is 0 Å². The first-order valence-electron chi connectivity index (χ1n) is 6.96. The number of rotatable bonds is 3. The lowest BCUT2D eigenvalue weighted by Gasteiger charge is -2.21. The van der Waals surface area contributed by atoms with Gasteiger partial charge in [-0.25, -0.2) is 8.42 Å². The quantitative estimate of drug-likeness (QED) is 0.858. The third-order valence-electron chi connectivity index (χ3n) is 3.87. The summed E-state index contributed by atoms with van der Waals surface area (Å²) in [5.74, 6) is -0.0991. The normalized spacial score (nSPS) is 20.0. The second-order valence-corrected chi connectivity index (χ2v) is 7.64. The fourth-order valence-corrected chi connectivity index (χ4v) is 4.32. The Kier molecular flexibility index (Phi) is 3.74. The van der Waals surface area contributed by atoms with E-state index in [4.69, 9.17) is 4.52 Å². The fraction of sp³-hybridized carbons (Fsp3) is 0.333. The van der Waals surface area contributed by atoms with Crippen LogP contribution in [-0.4, -0.2) is 49.0 Å². The van der Waals surface area contributed by atoms with Gasteiger partial charge in [-0.15, -0.1) is 0 Å². The maximum absolute atomic E-state index is 12.4. The molecule has 0 saturated carbocycles. The summed E-state index contributed by atoms with van der Waals surface area (Å²) in [5.41, 5.74) is 1.44. The molecular formula is C15H16N2O4S. The molecule has 2 heterocycles. The lowest BCUT2D eigenvalue weighted by molar-refractivity contribution is 0.0705. The van der Waals surface area contributed by atoms with Crippen LogP contribution < -0.4 is 0 Å². The van der Waals surface area contributed by atoms with E-state index in [9.17, 15) is 13.2 Å². The van der Waals surface area contributed by atoms with Gasteiger partial charge in [0.15, 0.2) is 9.84 Å². The van der Waals surface area contributed by atoms with Crippen molar-refractivity contribution in [1.82, 2.24) is 10.1 Å². The molecule has 22 heavy (non-hydrogen) atoms. The van der Waals surface area contributed by atoms with Crippen molar-refractivity contribution in [3.05, 3.63) is 42.2 Å². The van der Waals surface area contributed by atoms with E-state index >= 15 is 0 Å². The van der Waals surface area contributed by atoms with E-state index in [1.54, 1.807) is 13.1 Å². The maximum atomic E-state index is 12.4. The first-order chi connectivity index (χ1) is 10.5. The van der Waals surface area contributed by atoms with E-state index in [0.29, 0.717) is 12.1 Å². The van der Waals surface area contributed by atoms with Crippen molar-refractivity contribution in [3.8, 4) is 11.3 Å². The number of carbonyl (C=O) groups is 1. The monoisotopic (exact) mass is 320 g/mol. The van der Waals surface area contributed by atoms with Crippen LogP contribution in [0.15, 0.2) is 40.9 Å². The van der Waals surface area contributed by atoms with Crippen LogP contribution in [0, 0.1) is 0 Å². The summed E-state index contributed by atoms with van der Waals surface area (Å²) in [4.78, 5) is 13.8. The average Bonchev–Trinajstić information content (AvgIpc) is 3.13. The highest BCUT2D eigenvalue weighted by Crippen LogP contribution is 2.22. The van der Waals surface area contributed by atoms with E-state index in [-0.39, 0.29) is 29.2 Å². The zero-order valence-corrected chi connectivity index (χ0v) is 12.9. The Bertz CT molecular complexity index is 783. The molecule has 0 radical (unpaired) electrons. The van der Waals surface area contributed by atoms with Gasteiger partial charge in [-0.1, -0.05) is 35.5 Å². The molecule has 1 amide bonds. The summed E-state index contributed by atoms with van der Waals surface area (Å²) in [6.45, 7) is 0. The van der Waals surface area contributed by atoms with E-state index in [2.05, 4.69) is 5.16 Å². The highest BCUT2D eigenvalue weighted by molar-refractivity contribution is 7.91. The van der Waals surface area contributed by atoms with E-state index in [0.717, 1.165) is 5.56 Å². The molecule has 6 nitrogen and oxygen atoms in total. The van der Waals surface area contributed by atoms with Crippen LogP contribution in [0.3, 0.4) is 0 Å². The third kappa shape index (κ3) is 2.89. The lowest BCUT2D eigenvalue weighted by Crippen LogP contribution is -2.37. The highest BCUT2D eigenvalue weighted by atomic mass is 32.2. The van der Waals surface area contributed by atoms with Crippen LogP contribution in [0.1, 0.15) is 17.0 Å². The number of sulfone groups is 1. The molecule has 1 atom stereocenters. The van der Waals surface area contributed by atoms with Crippen molar-refractivity contribution in [2.75, 3.05) is 18.6 Å². The molecule has 1 aliphatic rings. The van der Waals surface area contributed by atoms with Gasteiger partial charge >= 0.3 is 0 Å². The molecule has 2 aromatic rings. The van der Waals surface area contributed by atoms with Crippen molar-refractivity contribution in [3.63, 3.8) is 0 Å². The zero-order chi connectivity index (χ0) is 15.7. The molecule has 0 bridgehead atoms. The summed E-state index contributed by atoms with van der Waals surface area (Å²) >= 11 is 0. The summed E-state index contributed by atoms with van der Waals surface area (Å²) in [6.07, 6.45) is 0.463. The first-order valence-corrected chi connectivity index (χ1v) is 8.78. The van der Waals surface area contributed by atoms with Gasteiger partial charge in [0.05, 0.1) is 11.5 Å². The summed E-state index contributed by atoms with van der Waals surface area (Å²) in [6, 6.07) is 10.7. The summed E-state index contributed by atoms with van der Waals surface area (Å²) in [5, 5.41) is 3.90. The molecule has 0 spiro atoms. The van der Waals surface area contributed by atoms with Crippen molar-refractivity contribution >= 4 is 15.7 Å². The number of nitrogens with zero attached hydrogens (tertiary/aromatic N) is 2. The molecule has 116 valence electrons. The SMILES string of the molecule is CN(C(=O)c1cc(-c2ccccc2)no1)[C@H]1CCS(=O)(=O)C1. The van der Waals surface area contributed by atoms with Crippen LogP contribution >= 0.6 is 0 Å². The Hall–Kier alpha value is -2.15. The Labute approximate surface area is 128 Å². The van der Waals surface area contributed by atoms with E-state index in [1.807, 2.05) is 30.3 Å². The minimum atomic E-state index is -3.03. The van der Waals surface area contributed by atoms with Crippen LogP contribution in [0.25, 0.3) is 11.3 Å². The number of carbonyl (C=O) groups excluding carboxylic acids is 1. The lowest BCUT2D eigenvalue weighted by atomic mass is 10.1. The Morgan fingerprint density at radius 2 is 2.05 bits per heavy atom. The predicted octanol–water partition coefficient (Wildman–Crippen LogP) is 1.60. The number of amides is 1. The molecule has 3 rings (SSSR count). The van der Waals surface area contributed by atoms with Gasteiger partial charge < -0.3 is 9.42 Å². The molecule has 7 heteroatoms. The van der Waals surface area contributed by atoms with Gasteiger partial charge in [-0.2, -0.15) is 0 Å². The maximum Gasteiger partial charge on any atom is 0.292 e. The van der Waals surface area contributed by atoms with Crippen LogP contribution in [-0.2, 0) is 9.84 Å². The summed E-state index contributed by atoms with van der Waals surface area (Å²) < 4.78 is 28.2. The molecule has 1 aliphatic heterocycles. The van der Waals surface area contributed by atoms with Gasteiger partial charge in [0.2, 0.25) is 5.76 Å². The third-order valence-corrected chi connectivity index (χ3v) is 5.62. The van der Waals surface area contributed by atoms with Gasteiger partial charge in [-0.3, -0.25) is 4.79 Å². The first kappa shape index (κ1) is 14.8. The second-order valence-electron chi connectivity index (χ2n) is 5.42. The largest absolute Gasteiger partial charge is 0.350 e. The molecule has 1 aromatic carbocycles. The minimum Gasteiger partial charge on any atom is -0.350 e. The van der Waals surface area contributed by atoms with Gasteiger partial charge in [-0.05, 0) is 6.42 Å². The van der Waals surface area contributed by atoms with E-state index in [1.165, 1.54) is 4.90 Å². The van der Waals surface area contributed by atoms with Gasteiger partial charge in [0.25, 0.3) is 5.91 Å². The Morgan fingerprint density at radius 1 is 1.32 bits per heavy atom. The molecule has 0 N–H and O–H groups in total. The highest BCUT2D eigenvalue weighted by Gasteiger charge is 2.34. The number of hydrogen-bond acceptors (Lipinski definition) is 5.